The number of hydrogen-bond acceptors (Lipinski definition) is 4. The first-order chi connectivity index (χ1) is 10.6. The summed E-state index contributed by atoms with van der Waals surface area (Å²) in [5.41, 5.74) is 1.95. The number of carbonyl (C=O) groups excluding carboxylic acids is 1. The number of aryl methyl sites for hydroxylation is 2. The van der Waals surface area contributed by atoms with Crippen LogP contribution in [0.25, 0.3) is 0 Å². The third-order valence-corrected chi connectivity index (χ3v) is 4.42. The summed E-state index contributed by atoms with van der Waals surface area (Å²) in [6.07, 6.45) is 7.06. The molecule has 0 spiro atoms. The number of aromatic nitrogens is 3. The van der Waals surface area contributed by atoms with Crippen LogP contribution in [0.5, 0.6) is 0 Å². The predicted molar refractivity (Wildman–Crippen MR) is 81.3 cm³/mol. The van der Waals surface area contributed by atoms with Gasteiger partial charge in [0, 0.05) is 30.9 Å². The van der Waals surface area contributed by atoms with Crippen molar-refractivity contribution in [1.29, 1.82) is 0 Å². The standard InChI is InChI=1S/C16H22N4O2/c1-12-15(13(2)22-18-12)6-7-16(21)20-10-3-5-14(20)11-19-9-4-8-17-19/h4,8-9,14H,3,5-7,10-11H2,1-2H3. The van der Waals surface area contributed by atoms with E-state index < -0.39 is 0 Å². The van der Waals surface area contributed by atoms with Crippen molar-refractivity contribution in [2.45, 2.75) is 52.1 Å². The minimum Gasteiger partial charge on any atom is -0.361 e. The molecule has 0 aromatic carbocycles. The molecule has 2 aromatic heterocycles. The molecule has 3 heterocycles. The van der Waals surface area contributed by atoms with Crippen molar-refractivity contribution in [3.63, 3.8) is 0 Å². The van der Waals surface area contributed by atoms with Crippen LogP contribution in [-0.4, -0.2) is 38.3 Å². The Morgan fingerprint density at radius 3 is 3.00 bits per heavy atom. The molecular formula is C16H22N4O2. The SMILES string of the molecule is Cc1noc(C)c1CCC(=O)N1CCCC1Cn1cccn1. The second-order valence-electron chi connectivity index (χ2n) is 5.91. The first-order valence-electron chi connectivity index (χ1n) is 7.84. The second kappa shape index (κ2) is 6.34. The highest BCUT2D eigenvalue weighted by molar-refractivity contribution is 5.77. The minimum absolute atomic E-state index is 0.217. The number of hydrogen-bond donors (Lipinski definition) is 0. The smallest absolute Gasteiger partial charge is 0.223 e. The zero-order valence-corrected chi connectivity index (χ0v) is 13.2. The van der Waals surface area contributed by atoms with Gasteiger partial charge in [-0.1, -0.05) is 5.16 Å². The summed E-state index contributed by atoms with van der Waals surface area (Å²) in [7, 11) is 0. The van der Waals surface area contributed by atoms with Gasteiger partial charge in [0.15, 0.2) is 0 Å². The van der Waals surface area contributed by atoms with E-state index in [2.05, 4.69) is 10.3 Å². The van der Waals surface area contributed by atoms with Crippen molar-refractivity contribution in [2.24, 2.45) is 0 Å². The molecule has 1 amide bonds. The summed E-state index contributed by atoms with van der Waals surface area (Å²) in [5, 5.41) is 8.19. The van der Waals surface area contributed by atoms with Gasteiger partial charge in [0.1, 0.15) is 5.76 Å². The largest absolute Gasteiger partial charge is 0.361 e. The van der Waals surface area contributed by atoms with Crippen LogP contribution < -0.4 is 0 Å². The maximum atomic E-state index is 12.5. The number of likely N-dealkylation sites (tertiary alicyclic amines) is 1. The molecule has 1 fully saturated rings. The molecule has 1 aliphatic heterocycles. The maximum absolute atomic E-state index is 12.5. The van der Waals surface area contributed by atoms with Gasteiger partial charge in [0.2, 0.25) is 5.91 Å². The van der Waals surface area contributed by atoms with Gasteiger partial charge in [0.25, 0.3) is 0 Å². The van der Waals surface area contributed by atoms with Crippen LogP contribution in [-0.2, 0) is 17.8 Å². The highest BCUT2D eigenvalue weighted by atomic mass is 16.5. The maximum Gasteiger partial charge on any atom is 0.223 e. The predicted octanol–water partition coefficient (Wildman–Crippen LogP) is 2.11. The van der Waals surface area contributed by atoms with Crippen LogP contribution >= 0.6 is 0 Å². The average molecular weight is 302 g/mol. The lowest BCUT2D eigenvalue weighted by atomic mass is 10.1. The number of rotatable bonds is 5. The van der Waals surface area contributed by atoms with Crippen LogP contribution in [0.3, 0.4) is 0 Å². The van der Waals surface area contributed by atoms with Crippen LogP contribution in [0, 0.1) is 13.8 Å². The summed E-state index contributed by atoms with van der Waals surface area (Å²) in [5.74, 6) is 1.04. The molecule has 0 bridgehead atoms. The molecule has 1 atom stereocenters. The summed E-state index contributed by atoms with van der Waals surface area (Å²) in [6.45, 7) is 5.46. The van der Waals surface area contributed by atoms with Gasteiger partial charge < -0.3 is 9.42 Å². The fourth-order valence-corrected chi connectivity index (χ4v) is 3.21. The third kappa shape index (κ3) is 3.05. The lowest BCUT2D eigenvalue weighted by molar-refractivity contribution is -0.132. The molecule has 0 N–H and O–H groups in total. The quantitative estimate of drug-likeness (QED) is 0.848. The Balaban J connectivity index is 1.59. The van der Waals surface area contributed by atoms with E-state index in [0.717, 1.165) is 42.9 Å². The molecule has 0 radical (unpaired) electrons. The molecule has 2 aromatic rings. The van der Waals surface area contributed by atoms with Gasteiger partial charge in [-0.3, -0.25) is 9.48 Å². The van der Waals surface area contributed by atoms with Gasteiger partial charge in [0.05, 0.1) is 18.3 Å². The van der Waals surface area contributed by atoms with E-state index in [1.54, 1.807) is 6.20 Å². The van der Waals surface area contributed by atoms with Crippen LogP contribution in [0.15, 0.2) is 23.0 Å². The highest BCUT2D eigenvalue weighted by Crippen LogP contribution is 2.21. The molecule has 0 saturated carbocycles. The summed E-state index contributed by atoms with van der Waals surface area (Å²) in [6, 6.07) is 2.18. The van der Waals surface area contributed by atoms with E-state index in [1.807, 2.05) is 35.7 Å². The van der Waals surface area contributed by atoms with E-state index in [-0.39, 0.29) is 11.9 Å². The molecule has 1 saturated heterocycles. The number of amides is 1. The summed E-state index contributed by atoms with van der Waals surface area (Å²) < 4.78 is 7.07. The Morgan fingerprint density at radius 2 is 2.32 bits per heavy atom. The van der Waals surface area contributed by atoms with Crippen molar-refractivity contribution in [3.8, 4) is 0 Å². The van der Waals surface area contributed by atoms with Crippen molar-refractivity contribution in [3.05, 3.63) is 35.5 Å². The number of nitrogens with zero attached hydrogens (tertiary/aromatic N) is 4. The van der Waals surface area contributed by atoms with Crippen molar-refractivity contribution in [2.75, 3.05) is 6.54 Å². The Labute approximate surface area is 130 Å². The van der Waals surface area contributed by atoms with E-state index in [1.165, 1.54) is 0 Å². The topological polar surface area (TPSA) is 64.2 Å². The van der Waals surface area contributed by atoms with Crippen molar-refractivity contribution >= 4 is 5.91 Å². The minimum atomic E-state index is 0.217. The summed E-state index contributed by atoms with van der Waals surface area (Å²) >= 11 is 0. The first kappa shape index (κ1) is 14.8. The molecule has 1 aliphatic rings. The number of carbonyl (C=O) groups is 1. The van der Waals surface area contributed by atoms with Crippen molar-refractivity contribution in [1.82, 2.24) is 19.8 Å². The fourth-order valence-electron chi connectivity index (χ4n) is 3.21. The normalized spacial score (nSPS) is 18.1. The van der Waals surface area contributed by atoms with Crippen LogP contribution in [0.2, 0.25) is 0 Å². The van der Waals surface area contributed by atoms with Gasteiger partial charge in [-0.05, 0) is 39.2 Å². The van der Waals surface area contributed by atoms with E-state index in [4.69, 9.17) is 4.52 Å². The Morgan fingerprint density at radius 1 is 1.45 bits per heavy atom. The summed E-state index contributed by atoms with van der Waals surface area (Å²) in [4.78, 5) is 14.6. The molecular weight excluding hydrogens is 280 g/mol. The Hall–Kier alpha value is -2.11. The van der Waals surface area contributed by atoms with Gasteiger partial charge in [-0.25, -0.2) is 0 Å². The molecule has 22 heavy (non-hydrogen) atoms. The van der Waals surface area contributed by atoms with E-state index >= 15 is 0 Å². The molecule has 6 nitrogen and oxygen atoms in total. The highest BCUT2D eigenvalue weighted by Gasteiger charge is 2.29. The monoisotopic (exact) mass is 302 g/mol. The Kier molecular flexibility index (Phi) is 4.27. The zero-order chi connectivity index (χ0) is 15.5. The van der Waals surface area contributed by atoms with Gasteiger partial charge in [-0.2, -0.15) is 5.10 Å². The fraction of sp³-hybridized carbons (Fsp3) is 0.562. The Bertz CT molecular complexity index is 613. The average Bonchev–Trinajstić information content (AvgIpc) is 3.22. The second-order valence-corrected chi connectivity index (χ2v) is 5.91. The molecule has 1 unspecified atom stereocenters. The molecule has 118 valence electrons. The van der Waals surface area contributed by atoms with E-state index in [0.29, 0.717) is 12.8 Å². The van der Waals surface area contributed by atoms with Gasteiger partial charge in [-0.15, -0.1) is 0 Å². The lowest BCUT2D eigenvalue weighted by Crippen LogP contribution is -2.38. The zero-order valence-electron chi connectivity index (χ0n) is 13.2. The van der Waals surface area contributed by atoms with Crippen LogP contribution in [0.1, 0.15) is 36.3 Å². The lowest BCUT2D eigenvalue weighted by Gasteiger charge is -2.24. The molecule has 3 rings (SSSR count). The first-order valence-corrected chi connectivity index (χ1v) is 7.84. The van der Waals surface area contributed by atoms with Crippen LogP contribution in [0.4, 0.5) is 0 Å². The molecule has 6 heteroatoms. The van der Waals surface area contributed by atoms with E-state index in [9.17, 15) is 4.79 Å². The third-order valence-electron chi connectivity index (χ3n) is 4.42. The van der Waals surface area contributed by atoms with Crippen molar-refractivity contribution < 1.29 is 9.32 Å². The van der Waals surface area contributed by atoms with Gasteiger partial charge >= 0.3 is 0 Å². The molecule has 0 aliphatic carbocycles.